The number of nitrogens with two attached hydrogens (primary N) is 1. The van der Waals surface area contributed by atoms with E-state index in [1.165, 1.54) is 0 Å². The van der Waals surface area contributed by atoms with E-state index < -0.39 is 5.91 Å². The predicted octanol–water partition coefficient (Wildman–Crippen LogP) is 2.19. The van der Waals surface area contributed by atoms with E-state index in [4.69, 9.17) is 5.73 Å². The summed E-state index contributed by atoms with van der Waals surface area (Å²) in [5, 5.41) is 5.66. The standard InChI is InChI=1S/C23H21N5O2/c1-15(25-2)23(30)28-21-13-10-18(17-9-12-20(22(24)29)26-14-17)19(27-21)11-8-16-6-4-3-5-7-16/h3-7,9-10,12-15,25H,1-2H3,(H2,24,29)(H,27,28,30). The van der Waals surface area contributed by atoms with E-state index in [0.717, 1.165) is 16.7 Å². The van der Waals surface area contributed by atoms with Crippen LogP contribution in [0.1, 0.15) is 28.7 Å². The number of rotatable bonds is 5. The van der Waals surface area contributed by atoms with Gasteiger partial charge >= 0.3 is 0 Å². The zero-order valence-electron chi connectivity index (χ0n) is 16.6. The van der Waals surface area contributed by atoms with Crippen molar-refractivity contribution in [1.82, 2.24) is 15.3 Å². The Morgan fingerprint density at radius 1 is 1.03 bits per heavy atom. The molecule has 1 unspecified atom stereocenters. The molecule has 3 aromatic rings. The van der Waals surface area contributed by atoms with E-state index in [1.54, 1.807) is 38.4 Å². The van der Waals surface area contributed by atoms with Crippen LogP contribution in [0.25, 0.3) is 11.1 Å². The fraction of sp³-hybridized carbons (Fsp3) is 0.130. The van der Waals surface area contributed by atoms with Gasteiger partial charge in [-0.2, -0.15) is 0 Å². The maximum Gasteiger partial charge on any atom is 0.267 e. The summed E-state index contributed by atoms with van der Waals surface area (Å²) in [6, 6.07) is 16.0. The molecular weight excluding hydrogens is 378 g/mol. The Balaban J connectivity index is 2.01. The number of pyridine rings is 2. The molecule has 0 spiro atoms. The van der Waals surface area contributed by atoms with Gasteiger partial charge in [0, 0.05) is 22.9 Å². The van der Waals surface area contributed by atoms with Gasteiger partial charge in [-0.25, -0.2) is 4.98 Å². The van der Waals surface area contributed by atoms with Crippen LogP contribution in [-0.2, 0) is 4.79 Å². The smallest absolute Gasteiger partial charge is 0.267 e. The van der Waals surface area contributed by atoms with E-state index >= 15 is 0 Å². The number of anilines is 1. The number of benzene rings is 1. The molecule has 7 heteroatoms. The summed E-state index contributed by atoms with van der Waals surface area (Å²) in [6.45, 7) is 1.76. The Hall–Kier alpha value is -4.02. The van der Waals surface area contributed by atoms with Crippen molar-refractivity contribution in [2.45, 2.75) is 13.0 Å². The second kappa shape index (κ2) is 9.45. The monoisotopic (exact) mass is 399 g/mol. The van der Waals surface area contributed by atoms with Gasteiger partial charge in [-0.15, -0.1) is 0 Å². The number of carbonyl (C=O) groups is 2. The van der Waals surface area contributed by atoms with E-state index in [0.29, 0.717) is 11.5 Å². The Morgan fingerprint density at radius 2 is 1.80 bits per heavy atom. The summed E-state index contributed by atoms with van der Waals surface area (Å²) in [7, 11) is 1.71. The summed E-state index contributed by atoms with van der Waals surface area (Å²) in [5.74, 6) is 5.75. The molecule has 0 fully saturated rings. The number of carbonyl (C=O) groups excluding carboxylic acids is 2. The zero-order valence-corrected chi connectivity index (χ0v) is 16.6. The fourth-order valence-electron chi connectivity index (χ4n) is 2.57. The third kappa shape index (κ3) is 5.07. The number of likely N-dealkylation sites (N-methyl/N-ethyl adjacent to an activating group) is 1. The molecule has 2 amide bonds. The highest BCUT2D eigenvalue weighted by molar-refractivity contribution is 5.94. The van der Waals surface area contributed by atoms with Crippen molar-refractivity contribution in [3.05, 3.63) is 77.7 Å². The van der Waals surface area contributed by atoms with Gasteiger partial charge in [0.15, 0.2) is 0 Å². The SMILES string of the molecule is CNC(C)C(=O)Nc1ccc(-c2ccc(C(N)=O)nc2)c(C#Cc2ccccc2)n1. The second-order valence-electron chi connectivity index (χ2n) is 6.50. The molecule has 1 aromatic carbocycles. The maximum absolute atomic E-state index is 12.2. The first kappa shape index (κ1) is 20.7. The number of hydrogen-bond acceptors (Lipinski definition) is 5. The maximum atomic E-state index is 12.2. The number of primary amides is 1. The molecule has 0 aliphatic rings. The van der Waals surface area contributed by atoms with Crippen LogP contribution in [0.5, 0.6) is 0 Å². The summed E-state index contributed by atoms with van der Waals surface area (Å²) in [4.78, 5) is 32.1. The molecule has 0 bridgehead atoms. The highest BCUT2D eigenvalue weighted by Crippen LogP contribution is 2.23. The van der Waals surface area contributed by atoms with Gasteiger partial charge in [0.1, 0.15) is 17.2 Å². The first-order valence-electron chi connectivity index (χ1n) is 9.30. The third-order valence-electron chi connectivity index (χ3n) is 4.40. The first-order valence-corrected chi connectivity index (χ1v) is 9.30. The largest absolute Gasteiger partial charge is 0.364 e. The predicted molar refractivity (Wildman–Crippen MR) is 116 cm³/mol. The molecule has 0 saturated carbocycles. The highest BCUT2D eigenvalue weighted by atomic mass is 16.2. The normalized spacial score (nSPS) is 11.1. The van der Waals surface area contributed by atoms with Crippen LogP contribution in [0, 0.1) is 11.8 Å². The minimum Gasteiger partial charge on any atom is -0.364 e. The summed E-state index contributed by atoms with van der Waals surface area (Å²) in [5.41, 5.74) is 8.20. The highest BCUT2D eigenvalue weighted by Gasteiger charge is 2.13. The Bertz CT molecular complexity index is 1120. The number of hydrogen-bond donors (Lipinski definition) is 3. The van der Waals surface area contributed by atoms with E-state index in [1.807, 2.05) is 36.4 Å². The molecule has 0 aliphatic heterocycles. The lowest BCUT2D eigenvalue weighted by Crippen LogP contribution is -2.35. The molecule has 2 aromatic heterocycles. The molecule has 150 valence electrons. The van der Waals surface area contributed by atoms with Crippen molar-refractivity contribution >= 4 is 17.6 Å². The van der Waals surface area contributed by atoms with Gasteiger partial charge in [0.05, 0.1) is 6.04 Å². The summed E-state index contributed by atoms with van der Waals surface area (Å²) < 4.78 is 0. The minimum absolute atomic E-state index is 0.175. The van der Waals surface area contributed by atoms with Crippen molar-refractivity contribution in [3.63, 3.8) is 0 Å². The lowest BCUT2D eigenvalue weighted by atomic mass is 10.0. The Labute approximate surface area is 174 Å². The molecule has 1 atom stereocenters. The molecule has 0 saturated heterocycles. The van der Waals surface area contributed by atoms with Crippen LogP contribution in [0.4, 0.5) is 5.82 Å². The second-order valence-corrected chi connectivity index (χ2v) is 6.50. The van der Waals surface area contributed by atoms with Crippen molar-refractivity contribution in [2.24, 2.45) is 5.73 Å². The third-order valence-corrected chi connectivity index (χ3v) is 4.40. The summed E-state index contributed by atoms with van der Waals surface area (Å²) >= 11 is 0. The minimum atomic E-state index is -0.597. The summed E-state index contributed by atoms with van der Waals surface area (Å²) in [6.07, 6.45) is 1.55. The Kier molecular flexibility index (Phi) is 6.53. The van der Waals surface area contributed by atoms with Crippen molar-refractivity contribution in [2.75, 3.05) is 12.4 Å². The molecule has 2 heterocycles. The van der Waals surface area contributed by atoms with E-state index in [2.05, 4.69) is 32.4 Å². The van der Waals surface area contributed by atoms with Crippen LogP contribution >= 0.6 is 0 Å². The Morgan fingerprint density at radius 3 is 2.43 bits per heavy atom. The lowest BCUT2D eigenvalue weighted by molar-refractivity contribution is -0.117. The van der Waals surface area contributed by atoms with E-state index in [-0.39, 0.29) is 17.6 Å². The van der Waals surface area contributed by atoms with Crippen molar-refractivity contribution < 1.29 is 9.59 Å². The van der Waals surface area contributed by atoms with Crippen LogP contribution in [0.3, 0.4) is 0 Å². The zero-order chi connectivity index (χ0) is 21.5. The van der Waals surface area contributed by atoms with Crippen molar-refractivity contribution in [1.29, 1.82) is 0 Å². The van der Waals surface area contributed by atoms with E-state index in [9.17, 15) is 9.59 Å². The molecule has 0 radical (unpaired) electrons. The average Bonchev–Trinajstić information content (AvgIpc) is 2.78. The van der Waals surface area contributed by atoms with Gasteiger partial charge in [-0.3, -0.25) is 14.6 Å². The van der Waals surface area contributed by atoms with Crippen LogP contribution in [0.15, 0.2) is 60.8 Å². The molecule has 30 heavy (non-hydrogen) atoms. The lowest BCUT2D eigenvalue weighted by Gasteiger charge is -2.12. The van der Waals surface area contributed by atoms with Crippen LogP contribution < -0.4 is 16.4 Å². The number of aromatic nitrogens is 2. The topological polar surface area (TPSA) is 110 Å². The van der Waals surface area contributed by atoms with Gasteiger partial charge in [-0.1, -0.05) is 30.2 Å². The average molecular weight is 399 g/mol. The molecule has 7 nitrogen and oxygen atoms in total. The molecule has 3 rings (SSSR count). The van der Waals surface area contributed by atoms with Gasteiger partial charge in [0.2, 0.25) is 5.91 Å². The van der Waals surface area contributed by atoms with Crippen molar-refractivity contribution in [3.8, 4) is 23.0 Å². The molecular formula is C23H21N5O2. The van der Waals surface area contributed by atoms with Crippen LogP contribution in [-0.4, -0.2) is 34.9 Å². The number of amides is 2. The fourth-order valence-corrected chi connectivity index (χ4v) is 2.57. The van der Waals surface area contributed by atoms with Gasteiger partial charge < -0.3 is 16.4 Å². The molecule has 4 N–H and O–H groups in total. The van der Waals surface area contributed by atoms with Gasteiger partial charge in [-0.05, 0) is 50.2 Å². The first-order chi connectivity index (χ1) is 14.5. The molecule has 0 aliphatic carbocycles. The van der Waals surface area contributed by atoms with Gasteiger partial charge in [0.25, 0.3) is 5.91 Å². The number of nitrogens with zero attached hydrogens (tertiary/aromatic N) is 2. The number of nitrogens with one attached hydrogen (secondary N) is 2. The van der Waals surface area contributed by atoms with Crippen LogP contribution in [0.2, 0.25) is 0 Å². The quantitative estimate of drug-likeness (QED) is 0.570.